The first kappa shape index (κ1) is 23.3. The Kier molecular flexibility index (Phi) is 10.7. The van der Waals surface area contributed by atoms with E-state index >= 15 is 0 Å². The van der Waals surface area contributed by atoms with Crippen LogP contribution in [0.1, 0.15) is 5.56 Å². The fourth-order valence-corrected chi connectivity index (χ4v) is 2.48. The van der Waals surface area contributed by atoms with Crippen LogP contribution in [0.5, 0.6) is 5.75 Å². The van der Waals surface area contributed by atoms with E-state index < -0.39 is 6.36 Å². The van der Waals surface area contributed by atoms with E-state index in [0.29, 0.717) is 12.1 Å². The third kappa shape index (κ3) is 8.39. The summed E-state index contributed by atoms with van der Waals surface area (Å²) in [7, 11) is 1.91. The molecular weight excluding hydrogens is 366 g/mol. The molecule has 1 N–H and O–H groups in total. The smallest absolute Gasteiger partial charge is 0.405 e. The Morgan fingerprint density at radius 1 is 1.17 bits per heavy atom. The average Bonchev–Trinajstić information content (AvgIpc) is 2.47. The molecule has 0 radical (unpaired) electrons. The molecule has 0 bridgehead atoms. The zero-order valence-corrected chi connectivity index (χ0v) is 15.1. The van der Waals surface area contributed by atoms with Crippen molar-refractivity contribution in [1.82, 2.24) is 15.1 Å². The van der Waals surface area contributed by atoms with Gasteiger partial charge in [0.2, 0.25) is 0 Å². The summed E-state index contributed by atoms with van der Waals surface area (Å²) in [5, 5.41) is 3.29. The summed E-state index contributed by atoms with van der Waals surface area (Å²) in [6.45, 7) is 6.17. The standard InChI is InChI=1S/C15H22F3N3O.2ClH/c1-20(10-11-21-8-6-19-7-9-21)12-13-4-2-3-5-14(13)22-15(16,17)18;;/h2-5,19H,6-12H2,1H3;2*1H. The molecule has 0 aromatic heterocycles. The van der Waals surface area contributed by atoms with Gasteiger partial charge in [-0.05, 0) is 13.1 Å². The van der Waals surface area contributed by atoms with Gasteiger partial charge in [-0.1, -0.05) is 18.2 Å². The topological polar surface area (TPSA) is 27.7 Å². The number of nitrogens with one attached hydrogen (secondary N) is 1. The number of halogens is 5. The number of benzene rings is 1. The number of hydrogen-bond donors (Lipinski definition) is 1. The van der Waals surface area contributed by atoms with Gasteiger partial charge in [-0.2, -0.15) is 0 Å². The minimum atomic E-state index is -4.66. The summed E-state index contributed by atoms with van der Waals surface area (Å²) in [6, 6.07) is 6.30. The van der Waals surface area contributed by atoms with Gasteiger partial charge in [0.05, 0.1) is 0 Å². The molecular formula is C15H24Cl2F3N3O. The van der Waals surface area contributed by atoms with Crippen LogP contribution in [0.25, 0.3) is 0 Å². The maximum Gasteiger partial charge on any atom is 0.573 e. The molecule has 0 saturated carbocycles. The van der Waals surface area contributed by atoms with Gasteiger partial charge in [0.15, 0.2) is 0 Å². The van der Waals surface area contributed by atoms with Crippen LogP contribution in [0.3, 0.4) is 0 Å². The lowest BCUT2D eigenvalue weighted by atomic mass is 10.2. The molecule has 1 aliphatic heterocycles. The summed E-state index contributed by atoms with van der Waals surface area (Å²) >= 11 is 0. The predicted molar refractivity (Wildman–Crippen MR) is 93.3 cm³/mol. The van der Waals surface area contributed by atoms with E-state index in [9.17, 15) is 13.2 Å². The van der Waals surface area contributed by atoms with Gasteiger partial charge in [-0.15, -0.1) is 38.0 Å². The van der Waals surface area contributed by atoms with E-state index in [-0.39, 0.29) is 30.6 Å². The molecule has 0 unspecified atom stereocenters. The number of ether oxygens (including phenoxy) is 1. The molecule has 1 saturated heterocycles. The summed E-state index contributed by atoms with van der Waals surface area (Å²) in [4.78, 5) is 4.37. The third-order valence-electron chi connectivity index (χ3n) is 3.65. The van der Waals surface area contributed by atoms with E-state index in [0.717, 1.165) is 39.3 Å². The van der Waals surface area contributed by atoms with Crippen molar-refractivity contribution in [2.24, 2.45) is 0 Å². The largest absolute Gasteiger partial charge is 0.573 e. The van der Waals surface area contributed by atoms with E-state index in [1.807, 2.05) is 11.9 Å². The molecule has 1 heterocycles. The van der Waals surface area contributed by atoms with E-state index in [1.54, 1.807) is 18.2 Å². The fourth-order valence-electron chi connectivity index (χ4n) is 2.48. The van der Waals surface area contributed by atoms with Crippen LogP contribution in [0.15, 0.2) is 24.3 Å². The first-order chi connectivity index (χ1) is 10.4. The van der Waals surface area contributed by atoms with Crippen molar-refractivity contribution in [2.45, 2.75) is 12.9 Å². The van der Waals surface area contributed by atoms with Crippen LogP contribution in [0.2, 0.25) is 0 Å². The van der Waals surface area contributed by atoms with Crippen molar-refractivity contribution in [2.75, 3.05) is 46.3 Å². The van der Waals surface area contributed by atoms with Crippen LogP contribution < -0.4 is 10.1 Å². The molecule has 24 heavy (non-hydrogen) atoms. The van der Waals surface area contributed by atoms with Crippen LogP contribution in [0, 0.1) is 0 Å². The summed E-state index contributed by atoms with van der Waals surface area (Å²) in [5.41, 5.74) is 0.544. The highest BCUT2D eigenvalue weighted by Gasteiger charge is 2.32. The van der Waals surface area contributed by atoms with Crippen LogP contribution in [0.4, 0.5) is 13.2 Å². The molecule has 1 fully saturated rings. The molecule has 0 atom stereocenters. The second-order valence-corrected chi connectivity index (χ2v) is 5.48. The highest BCUT2D eigenvalue weighted by Crippen LogP contribution is 2.26. The zero-order valence-electron chi connectivity index (χ0n) is 13.5. The van der Waals surface area contributed by atoms with Gasteiger partial charge >= 0.3 is 6.36 Å². The van der Waals surface area contributed by atoms with E-state index in [2.05, 4.69) is 15.0 Å². The Morgan fingerprint density at radius 3 is 2.42 bits per heavy atom. The third-order valence-corrected chi connectivity index (χ3v) is 3.65. The van der Waals surface area contributed by atoms with Gasteiger partial charge in [0.1, 0.15) is 5.75 Å². The van der Waals surface area contributed by atoms with Crippen molar-refractivity contribution < 1.29 is 17.9 Å². The maximum atomic E-state index is 12.4. The average molecular weight is 390 g/mol. The first-order valence-electron chi connectivity index (χ1n) is 7.39. The van der Waals surface area contributed by atoms with Gasteiger partial charge < -0.3 is 15.0 Å². The molecule has 4 nitrogen and oxygen atoms in total. The molecule has 0 spiro atoms. The SMILES string of the molecule is CN(CCN1CCNCC1)Cc1ccccc1OC(F)(F)F.Cl.Cl. The van der Waals surface area contributed by atoms with Crippen molar-refractivity contribution in [1.29, 1.82) is 0 Å². The minimum absolute atomic E-state index is 0. The molecule has 0 aliphatic carbocycles. The summed E-state index contributed by atoms with van der Waals surface area (Å²) < 4.78 is 41.3. The second kappa shape index (κ2) is 11.0. The first-order valence-corrected chi connectivity index (χ1v) is 7.39. The Balaban J connectivity index is 0.00000264. The predicted octanol–water partition coefficient (Wildman–Crippen LogP) is 2.77. The Morgan fingerprint density at radius 2 is 1.79 bits per heavy atom. The van der Waals surface area contributed by atoms with Crippen LogP contribution >= 0.6 is 24.8 Å². The molecule has 9 heteroatoms. The zero-order chi connectivity index (χ0) is 16.0. The second-order valence-electron chi connectivity index (χ2n) is 5.48. The van der Waals surface area contributed by atoms with Crippen molar-refractivity contribution in [3.05, 3.63) is 29.8 Å². The molecule has 140 valence electrons. The molecule has 0 amide bonds. The van der Waals surface area contributed by atoms with Crippen LogP contribution in [-0.4, -0.2) is 62.5 Å². The molecule has 1 aromatic rings. The highest BCUT2D eigenvalue weighted by atomic mass is 35.5. The number of nitrogens with zero attached hydrogens (tertiary/aromatic N) is 2. The van der Waals surface area contributed by atoms with Gasteiger partial charge in [0, 0.05) is 51.4 Å². The van der Waals surface area contributed by atoms with Crippen LogP contribution in [-0.2, 0) is 6.54 Å². The number of rotatable bonds is 6. The van der Waals surface area contributed by atoms with E-state index in [1.165, 1.54) is 6.07 Å². The normalized spacial score (nSPS) is 15.5. The summed E-state index contributed by atoms with van der Waals surface area (Å²) in [5.74, 6) is -0.121. The minimum Gasteiger partial charge on any atom is -0.405 e. The lowest BCUT2D eigenvalue weighted by Gasteiger charge is -2.29. The highest BCUT2D eigenvalue weighted by molar-refractivity contribution is 5.85. The fraction of sp³-hybridized carbons (Fsp3) is 0.600. The Bertz CT molecular complexity index is 472. The lowest BCUT2D eigenvalue weighted by molar-refractivity contribution is -0.275. The number of para-hydroxylation sites is 1. The number of likely N-dealkylation sites (N-methyl/N-ethyl adjacent to an activating group) is 1. The Hall–Kier alpha value is -0.730. The van der Waals surface area contributed by atoms with Crippen molar-refractivity contribution in [3.63, 3.8) is 0 Å². The Labute approximate surface area is 153 Å². The molecule has 2 rings (SSSR count). The van der Waals surface area contributed by atoms with Crippen molar-refractivity contribution in [3.8, 4) is 5.75 Å². The molecule has 1 aliphatic rings. The quantitative estimate of drug-likeness (QED) is 0.809. The number of piperazine rings is 1. The van der Waals surface area contributed by atoms with Gasteiger partial charge in [0.25, 0.3) is 0 Å². The maximum absolute atomic E-state index is 12.4. The molecule has 1 aromatic carbocycles. The number of hydrogen-bond acceptors (Lipinski definition) is 4. The van der Waals surface area contributed by atoms with Gasteiger partial charge in [-0.25, -0.2) is 0 Å². The van der Waals surface area contributed by atoms with Gasteiger partial charge in [-0.3, -0.25) is 4.90 Å². The van der Waals surface area contributed by atoms with Crippen molar-refractivity contribution >= 4 is 24.8 Å². The summed E-state index contributed by atoms with van der Waals surface area (Å²) in [6.07, 6.45) is -4.66. The van der Waals surface area contributed by atoms with E-state index in [4.69, 9.17) is 0 Å². The monoisotopic (exact) mass is 389 g/mol. The lowest BCUT2D eigenvalue weighted by Crippen LogP contribution is -2.45. The number of alkyl halides is 3.